The SMILES string of the molecule is Fc1ccc(-c2cc3cc(OCc4cnc[nH]4)c(N4CCOCC4)cc3o2)cc1. The maximum Gasteiger partial charge on any atom is 0.144 e. The maximum atomic E-state index is 13.3. The predicted octanol–water partition coefficient (Wildman–Crippen LogP) is 4.38. The minimum absolute atomic E-state index is 0.269. The zero-order valence-electron chi connectivity index (χ0n) is 15.7. The summed E-state index contributed by atoms with van der Waals surface area (Å²) >= 11 is 0. The number of fused-ring (bicyclic) bond motifs is 1. The maximum absolute atomic E-state index is 13.3. The van der Waals surface area contributed by atoms with Crippen LogP contribution in [0.5, 0.6) is 5.75 Å². The van der Waals surface area contributed by atoms with Crippen molar-refractivity contribution < 1.29 is 18.3 Å². The molecule has 2 aromatic carbocycles. The quantitative estimate of drug-likeness (QED) is 0.545. The highest BCUT2D eigenvalue weighted by atomic mass is 19.1. The lowest BCUT2D eigenvalue weighted by atomic mass is 10.1. The summed E-state index contributed by atoms with van der Waals surface area (Å²) in [7, 11) is 0. The molecule has 4 aromatic rings. The number of nitrogens with zero attached hydrogens (tertiary/aromatic N) is 2. The summed E-state index contributed by atoms with van der Waals surface area (Å²) in [6.07, 6.45) is 3.38. The number of nitrogens with one attached hydrogen (secondary N) is 1. The standard InChI is InChI=1S/C22H20FN3O3/c23-17-3-1-15(2-4-17)20-9-16-10-22(28-13-18-12-24-14-25-18)19(11-21(16)29-20)26-5-7-27-8-6-26/h1-4,9-12,14H,5-8,13H2,(H,24,25). The highest BCUT2D eigenvalue weighted by molar-refractivity contribution is 5.88. The van der Waals surface area contributed by atoms with Gasteiger partial charge in [-0.3, -0.25) is 0 Å². The molecule has 0 radical (unpaired) electrons. The fourth-order valence-electron chi connectivity index (χ4n) is 3.50. The molecule has 3 heterocycles. The van der Waals surface area contributed by atoms with Gasteiger partial charge in [-0.05, 0) is 36.4 Å². The van der Waals surface area contributed by atoms with Crippen LogP contribution in [0.1, 0.15) is 5.69 Å². The Labute approximate surface area is 166 Å². The first-order valence-electron chi connectivity index (χ1n) is 9.52. The Balaban J connectivity index is 1.53. The monoisotopic (exact) mass is 393 g/mol. The molecule has 2 aromatic heterocycles. The van der Waals surface area contributed by atoms with Crippen molar-refractivity contribution in [2.45, 2.75) is 6.61 Å². The number of hydrogen-bond acceptors (Lipinski definition) is 5. The molecule has 0 spiro atoms. The van der Waals surface area contributed by atoms with E-state index in [0.29, 0.717) is 25.6 Å². The first-order valence-corrected chi connectivity index (χ1v) is 9.52. The zero-order valence-corrected chi connectivity index (χ0v) is 15.7. The van der Waals surface area contributed by atoms with Gasteiger partial charge in [0.1, 0.15) is 29.5 Å². The number of aromatic nitrogens is 2. The molecule has 0 bridgehead atoms. The number of furan rings is 1. The topological polar surface area (TPSA) is 63.5 Å². The highest BCUT2D eigenvalue weighted by Gasteiger charge is 2.19. The van der Waals surface area contributed by atoms with E-state index in [9.17, 15) is 4.39 Å². The van der Waals surface area contributed by atoms with Crippen LogP contribution in [0.4, 0.5) is 10.1 Å². The largest absolute Gasteiger partial charge is 0.485 e. The predicted molar refractivity (Wildman–Crippen MR) is 108 cm³/mol. The number of anilines is 1. The normalized spacial score (nSPS) is 14.4. The number of rotatable bonds is 5. The van der Waals surface area contributed by atoms with E-state index in [-0.39, 0.29) is 5.82 Å². The lowest BCUT2D eigenvalue weighted by molar-refractivity contribution is 0.122. The van der Waals surface area contributed by atoms with Crippen molar-refractivity contribution in [3.05, 3.63) is 66.5 Å². The number of imidazole rings is 1. The molecule has 1 fully saturated rings. The summed E-state index contributed by atoms with van der Waals surface area (Å²) in [5.41, 5.74) is 3.47. The van der Waals surface area contributed by atoms with Gasteiger partial charge >= 0.3 is 0 Å². The second kappa shape index (κ2) is 7.60. The van der Waals surface area contributed by atoms with Gasteiger partial charge in [-0.25, -0.2) is 9.37 Å². The van der Waals surface area contributed by atoms with E-state index in [2.05, 4.69) is 14.9 Å². The number of ether oxygens (including phenoxy) is 2. The van der Waals surface area contributed by atoms with Gasteiger partial charge in [0.25, 0.3) is 0 Å². The molecule has 0 atom stereocenters. The van der Waals surface area contributed by atoms with Crippen LogP contribution >= 0.6 is 0 Å². The molecule has 148 valence electrons. The molecule has 1 N–H and O–H groups in total. The molecular formula is C22H20FN3O3. The summed E-state index contributed by atoms with van der Waals surface area (Å²) in [4.78, 5) is 9.33. The molecule has 1 saturated heterocycles. The molecule has 0 saturated carbocycles. The zero-order chi connectivity index (χ0) is 19.6. The molecule has 0 unspecified atom stereocenters. The lowest BCUT2D eigenvalue weighted by Gasteiger charge is -2.30. The van der Waals surface area contributed by atoms with E-state index < -0.39 is 0 Å². The first-order chi connectivity index (χ1) is 14.3. The van der Waals surface area contributed by atoms with Crippen molar-refractivity contribution in [3.8, 4) is 17.1 Å². The molecule has 29 heavy (non-hydrogen) atoms. The third-order valence-electron chi connectivity index (χ3n) is 5.02. The van der Waals surface area contributed by atoms with E-state index >= 15 is 0 Å². The van der Waals surface area contributed by atoms with E-state index in [1.54, 1.807) is 24.7 Å². The average Bonchev–Trinajstić information content (AvgIpc) is 3.42. The van der Waals surface area contributed by atoms with Gasteiger partial charge in [0, 0.05) is 30.1 Å². The fraction of sp³-hybridized carbons (Fsp3) is 0.227. The molecule has 7 heteroatoms. The number of morpholine rings is 1. The fourth-order valence-corrected chi connectivity index (χ4v) is 3.50. The van der Waals surface area contributed by atoms with Crippen molar-refractivity contribution >= 4 is 16.7 Å². The van der Waals surface area contributed by atoms with Crippen molar-refractivity contribution in [2.24, 2.45) is 0 Å². The van der Waals surface area contributed by atoms with Crippen LogP contribution in [-0.2, 0) is 11.3 Å². The van der Waals surface area contributed by atoms with E-state index in [0.717, 1.165) is 46.8 Å². The van der Waals surface area contributed by atoms with Crippen molar-refractivity contribution in [3.63, 3.8) is 0 Å². The Bertz CT molecular complexity index is 1100. The first kappa shape index (κ1) is 17.8. The van der Waals surface area contributed by atoms with Gasteiger partial charge in [-0.1, -0.05) is 0 Å². The summed E-state index contributed by atoms with van der Waals surface area (Å²) < 4.78 is 30.9. The van der Waals surface area contributed by atoms with Gasteiger partial charge in [0.15, 0.2) is 0 Å². The summed E-state index contributed by atoms with van der Waals surface area (Å²) in [6.45, 7) is 3.33. The molecule has 0 aliphatic carbocycles. The van der Waals surface area contributed by atoms with Crippen molar-refractivity contribution in [2.75, 3.05) is 31.2 Å². The summed E-state index contributed by atoms with van der Waals surface area (Å²) in [5.74, 6) is 1.20. The van der Waals surface area contributed by atoms with Crippen LogP contribution < -0.4 is 9.64 Å². The molecule has 6 nitrogen and oxygen atoms in total. The van der Waals surface area contributed by atoms with Crippen LogP contribution in [0.2, 0.25) is 0 Å². The molecular weight excluding hydrogens is 373 g/mol. The lowest BCUT2D eigenvalue weighted by Crippen LogP contribution is -2.36. The second-order valence-corrected chi connectivity index (χ2v) is 6.94. The third-order valence-corrected chi connectivity index (χ3v) is 5.02. The minimum atomic E-state index is -0.269. The van der Waals surface area contributed by atoms with Gasteiger partial charge in [0.2, 0.25) is 0 Å². The van der Waals surface area contributed by atoms with Gasteiger partial charge < -0.3 is 23.8 Å². The van der Waals surface area contributed by atoms with Crippen LogP contribution in [0.3, 0.4) is 0 Å². The van der Waals surface area contributed by atoms with Gasteiger partial charge in [-0.15, -0.1) is 0 Å². The molecule has 0 amide bonds. The Kier molecular flexibility index (Phi) is 4.65. The Morgan fingerprint density at radius 2 is 1.93 bits per heavy atom. The Hall–Kier alpha value is -3.32. The summed E-state index contributed by atoms with van der Waals surface area (Å²) in [6, 6.07) is 12.2. The molecule has 5 rings (SSSR count). The summed E-state index contributed by atoms with van der Waals surface area (Å²) in [5, 5.41) is 0.931. The van der Waals surface area contributed by atoms with E-state index in [1.807, 2.05) is 18.2 Å². The Morgan fingerprint density at radius 1 is 1.10 bits per heavy atom. The average molecular weight is 393 g/mol. The van der Waals surface area contributed by atoms with Gasteiger partial charge in [0.05, 0.1) is 37.1 Å². The number of hydrogen-bond donors (Lipinski definition) is 1. The van der Waals surface area contributed by atoms with Crippen molar-refractivity contribution in [1.29, 1.82) is 0 Å². The number of aromatic amines is 1. The smallest absolute Gasteiger partial charge is 0.144 e. The molecule has 1 aliphatic rings. The molecule has 1 aliphatic heterocycles. The Morgan fingerprint density at radius 3 is 2.69 bits per heavy atom. The van der Waals surface area contributed by atoms with E-state index in [1.165, 1.54) is 12.1 Å². The van der Waals surface area contributed by atoms with Crippen LogP contribution in [0.15, 0.2) is 59.4 Å². The number of benzene rings is 2. The minimum Gasteiger partial charge on any atom is -0.485 e. The highest BCUT2D eigenvalue weighted by Crippen LogP contribution is 2.37. The third kappa shape index (κ3) is 3.69. The van der Waals surface area contributed by atoms with Gasteiger partial charge in [-0.2, -0.15) is 0 Å². The van der Waals surface area contributed by atoms with Crippen LogP contribution in [0, 0.1) is 5.82 Å². The second-order valence-electron chi connectivity index (χ2n) is 6.94. The van der Waals surface area contributed by atoms with Crippen LogP contribution in [0.25, 0.3) is 22.3 Å². The number of H-pyrrole nitrogens is 1. The van der Waals surface area contributed by atoms with E-state index in [4.69, 9.17) is 13.9 Å². The van der Waals surface area contributed by atoms with Crippen molar-refractivity contribution in [1.82, 2.24) is 9.97 Å². The number of halogens is 1. The van der Waals surface area contributed by atoms with Crippen LogP contribution in [-0.4, -0.2) is 36.3 Å².